The Hall–Kier alpha value is -2.63. The molecule has 0 saturated heterocycles. The predicted octanol–water partition coefficient (Wildman–Crippen LogP) is 2.17. The van der Waals surface area contributed by atoms with Gasteiger partial charge in [0.15, 0.2) is 0 Å². The zero-order chi connectivity index (χ0) is 16.7. The maximum absolute atomic E-state index is 12.0. The summed E-state index contributed by atoms with van der Waals surface area (Å²) in [5, 5.41) is 15.9. The number of rotatable bonds is 8. The fraction of sp³-hybridized carbons (Fsp3) is 0.353. The summed E-state index contributed by atoms with van der Waals surface area (Å²) in [6, 6.07) is 8.75. The zero-order valence-corrected chi connectivity index (χ0v) is 13.1. The molecule has 122 valence electrons. The monoisotopic (exact) mass is 315 g/mol. The Morgan fingerprint density at radius 2 is 2.04 bits per heavy atom. The molecule has 0 fully saturated rings. The molecule has 1 amide bonds. The number of hydrogen-bond acceptors (Lipinski definition) is 3. The molecule has 2 N–H and O–H groups in total. The Balaban J connectivity index is 1.95. The van der Waals surface area contributed by atoms with Crippen LogP contribution in [0, 0.1) is 0 Å². The molecule has 1 unspecified atom stereocenters. The minimum atomic E-state index is -0.994. The van der Waals surface area contributed by atoms with Crippen LogP contribution in [0.25, 0.3) is 5.69 Å². The smallest absolute Gasteiger partial charge is 0.326 e. The van der Waals surface area contributed by atoms with Crippen LogP contribution in [0.4, 0.5) is 0 Å². The van der Waals surface area contributed by atoms with Crippen LogP contribution in [0.15, 0.2) is 42.7 Å². The summed E-state index contributed by atoms with van der Waals surface area (Å²) in [6.45, 7) is 1.98. The number of nitrogens with one attached hydrogen (secondary N) is 1. The second-order valence-corrected chi connectivity index (χ2v) is 5.41. The normalized spacial score (nSPS) is 11.9. The van der Waals surface area contributed by atoms with Crippen LogP contribution in [-0.4, -0.2) is 32.8 Å². The lowest BCUT2D eigenvalue weighted by molar-refractivity contribution is -0.142. The highest BCUT2D eigenvalue weighted by atomic mass is 16.4. The van der Waals surface area contributed by atoms with Gasteiger partial charge in [0.05, 0.1) is 18.3 Å². The lowest BCUT2D eigenvalue weighted by atomic mass is 10.1. The average Bonchev–Trinajstić information content (AvgIpc) is 3.00. The standard InChI is InChI=1S/C17H21N3O3/c1-2-3-9-15(17(22)23)19-16(21)10-13-11-18-20(12-13)14-7-5-4-6-8-14/h4-8,11-12,15H,2-3,9-10H2,1H3,(H,19,21)(H,22,23). The average molecular weight is 315 g/mol. The van der Waals surface area contributed by atoms with Crippen molar-refractivity contribution < 1.29 is 14.7 Å². The van der Waals surface area contributed by atoms with Gasteiger partial charge in [-0.3, -0.25) is 4.79 Å². The number of hydrogen-bond donors (Lipinski definition) is 2. The first-order chi connectivity index (χ1) is 11.1. The van der Waals surface area contributed by atoms with E-state index in [9.17, 15) is 9.59 Å². The molecule has 1 atom stereocenters. The highest BCUT2D eigenvalue weighted by Crippen LogP contribution is 2.08. The van der Waals surface area contributed by atoms with E-state index >= 15 is 0 Å². The Labute approximate surface area is 135 Å². The van der Waals surface area contributed by atoms with Gasteiger partial charge >= 0.3 is 5.97 Å². The summed E-state index contributed by atoms with van der Waals surface area (Å²) in [7, 11) is 0. The molecular weight excluding hydrogens is 294 g/mol. The van der Waals surface area contributed by atoms with Crippen molar-refractivity contribution in [3.05, 3.63) is 48.3 Å². The van der Waals surface area contributed by atoms with Crippen molar-refractivity contribution in [2.45, 2.75) is 38.6 Å². The van der Waals surface area contributed by atoms with Crippen LogP contribution >= 0.6 is 0 Å². The number of carbonyl (C=O) groups is 2. The van der Waals surface area contributed by atoms with Crippen molar-refractivity contribution in [3.63, 3.8) is 0 Å². The van der Waals surface area contributed by atoms with Gasteiger partial charge < -0.3 is 10.4 Å². The largest absolute Gasteiger partial charge is 0.480 e. The molecule has 0 radical (unpaired) electrons. The molecule has 0 aliphatic carbocycles. The maximum Gasteiger partial charge on any atom is 0.326 e. The van der Waals surface area contributed by atoms with Gasteiger partial charge in [-0.05, 0) is 24.1 Å². The van der Waals surface area contributed by atoms with Gasteiger partial charge in [0.2, 0.25) is 5.91 Å². The molecule has 2 aromatic rings. The Morgan fingerprint density at radius 1 is 1.30 bits per heavy atom. The summed E-state index contributed by atoms with van der Waals surface area (Å²) in [5.41, 5.74) is 1.65. The lowest BCUT2D eigenvalue weighted by Gasteiger charge is -2.13. The highest BCUT2D eigenvalue weighted by Gasteiger charge is 2.19. The number of unbranched alkanes of at least 4 members (excludes halogenated alkanes) is 1. The Kier molecular flexibility index (Phi) is 5.91. The molecule has 1 aromatic heterocycles. The van der Waals surface area contributed by atoms with Crippen LogP contribution in [0.3, 0.4) is 0 Å². The van der Waals surface area contributed by atoms with Crippen LogP contribution in [0.2, 0.25) is 0 Å². The molecule has 6 heteroatoms. The first kappa shape index (κ1) is 16.7. The lowest BCUT2D eigenvalue weighted by Crippen LogP contribution is -2.41. The second-order valence-electron chi connectivity index (χ2n) is 5.41. The summed E-state index contributed by atoms with van der Waals surface area (Å²) in [6.07, 6.45) is 5.61. The van der Waals surface area contributed by atoms with Gasteiger partial charge in [-0.2, -0.15) is 5.10 Å². The molecule has 0 aliphatic rings. The van der Waals surface area contributed by atoms with Crippen molar-refractivity contribution in [2.75, 3.05) is 0 Å². The third-order valence-electron chi connectivity index (χ3n) is 3.50. The number of aliphatic carboxylic acids is 1. The third-order valence-corrected chi connectivity index (χ3v) is 3.50. The molecule has 0 spiro atoms. The topological polar surface area (TPSA) is 84.2 Å². The van der Waals surface area contributed by atoms with E-state index in [2.05, 4.69) is 10.4 Å². The van der Waals surface area contributed by atoms with Crippen molar-refractivity contribution in [1.82, 2.24) is 15.1 Å². The number of carboxylic acids is 1. The number of amides is 1. The first-order valence-electron chi connectivity index (χ1n) is 7.71. The van der Waals surface area contributed by atoms with Crippen molar-refractivity contribution in [1.29, 1.82) is 0 Å². The van der Waals surface area contributed by atoms with Gasteiger partial charge in [-0.25, -0.2) is 9.48 Å². The van der Waals surface area contributed by atoms with Gasteiger partial charge in [0.25, 0.3) is 0 Å². The van der Waals surface area contributed by atoms with E-state index in [1.807, 2.05) is 37.3 Å². The Bertz CT molecular complexity index is 652. The fourth-order valence-electron chi connectivity index (χ4n) is 2.27. The van der Waals surface area contributed by atoms with E-state index in [1.54, 1.807) is 17.1 Å². The SMILES string of the molecule is CCCCC(NC(=O)Cc1cnn(-c2ccccc2)c1)C(=O)O. The van der Waals surface area contributed by atoms with Crippen LogP contribution in [0.1, 0.15) is 31.7 Å². The van der Waals surface area contributed by atoms with Crippen molar-refractivity contribution in [3.8, 4) is 5.69 Å². The second kappa shape index (κ2) is 8.12. The van der Waals surface area contributed by atoms with Crippen molar-refractivity contribution >= 4 is 11.9 Å². The summed E-state index contributed by atoms with van der Waals surface area (Å²) in [5.74, 6) is -1.30. The third kappa shape index (κ3) is 4.95. The molecule has 0 bridgehead atoms. The number of carbonyl (C=O) groups excluding carboxylic acids is 1. The minimum Gasteiger partial charge on any atom is -0.480 e. The summed E-state index contributed by atoms with van der Waals surface area (Å²) in [4.78, 5) is 23.2. The molecule has 2 rings (SSSR count). The first-order valence-corrected chi connectivity index (χ1v) is 7.71. The molecule has 0 saturated carbocycles. The van der Waals surface area contributed by atoms with E-state index in [4.69, 9.17) is 5.11 Å². The van der Waals surface area contributed by atoms with E-state index in [0.29, 0.717) is 6.42 Å². The van der Waals surface area contributed by atoms with Gasteiger partial charge in [-0.1, -0.05) is 38.0 Å². The van der Waals surface area contributed by atoms with Crippen LogP contribution in [0.5, 0.6) is 0 Å². The van der Waals surface area contributed by atoms with E-state index in [1.165, 1.54) is 0 Å². The number of carboxylic acid groups (broad SMARTS) is 1. The van der Waals surface area contributed by atoms with E-state index < -0.39 is 12.0 Å². The summed E-state index contributed by atoms with van der Waals surface area (Å²) < 4.78 is 1.69. The molecular formula is C17H21N3O3. The highest BCUT2D eigenvalue weighted by molar-refractivity contribution is 5.84. The van der Waals surface area contributed by atoms with E-state index in [0.717, 1.165) is 24.1 Å². The van der Waals surface area contributed by atoms with Gasteiger partial charge in [0.1, 0.15) is 6.04 Å². The van der Waals surface area contributed by atoms with Crippen molar-refractivity contribution in [2.24, 2.45) is 0 Å². The molecule has 1 aromatic carbocycles. The fourth-order valence-corrected chi connectivity index (χ4v) is 2.27. The molecule has 1 heterocycles. The minimum absolute atomic E-state index is 0.114. The number of benzene rings is 1. The number of aromatic nitrogens is 2. The summed E-state index contributed by atoms with van der Waals surface area (Å²) >= 11 is 0. The quantitative estimate of drug-likeness (QED) is 0.782. The predicted molar refractivity (Wildman–Crippen MR) is 86.4 cm³/mol. The molecule has 6 nitrogen and oxygen atoms in total. The van der Waals surface area contributed by atoms with Gasteiger partial charge in [0, 0.05) is 6.20 Å². The number of para-hydroxylation sites is 1. The maximum atomic E-state index is 12.0. The Morgan fingerprint density at radius 3 is 2.70 bits per heavy atom. The van der Waals surface area contributed by atoms with Crippen LogP contribution < -0.4 is 5.32 Å². The molecule has 23 heavy (non-hydrogen) atoms. The van der Waals surface area contributed by atoms with Gasteiger partial charge in [-0.15, -0.1) is 0 Å². The molecule has 0 aliphatic heterocycles. The zero-order valence-electron chi connectivity index (χ0n) is 13.1. The van der Waals surface area contributed by atoms with Crippen LogP contribution in [-0.2, 0) is 16.0 Å². The number of nitrogens with zero attached hydrogens (tertiary/aromatic N) is 2. The van der Waals surface area contributed by atoms with E-state index in [-0.39, 0.29) is 12.3 Å².